The first-order valence-corrected chi connectivity index (χ1v) is 7.76. The molecular formula is C17H16BrNO2. The summed E-state index contributed by atoms with van der Waals surface area (Å²) in [6, 6.07) is 15.5. The van der Waals surface area contributed by atoms with E-state index in [4.69, 9.17) is 4.74 Å². The van der Waals surface area contributed by atoms with Crippen molar-refractivity contribution in [3.05, 3.63) is 64.1 Å². The van der Waals surface area contributed by atoms with Crippen LogP contribution < -0.4 is 10.1 Å². The fourth-order valence-electron chi connectivity index (χ4n) is 2.49. The minimum absolute atomic E-state index is 0.0461. The summed E-state index contributed by atoms with van der Waals surface area (Å²) >= 11 is 3.38. The van der Waals surface area contributed by atoms with Crippen molar-refractivity contribution in [2.45, 2.75) is 6.42 Å². The van der Waals surface area contributed by atoms with Crippen molar-refractivity contribution < 1.29 is 9.53 Å². The fourth-order valence-corrected chi connectivity index (χ4v) is 2.89. The number of carbonyl (C=O) groups excluding carboxylic acids is 1. The van der Waals surface area contributed by atoms with E-state index in [-0.39, 0.29) is 5.91 Å². The molecule has 0 aromatic heterocycles. The van der Waals surface area contributed by atoms with E-state index >= 15 is 0 Å². The predicted octanol–water partition coefficient (Wildman–Crippen LogP) is 3.43. The van der Waals surface area contributed by atoms with Gasteiger partial charge in [0.2, 0.25) is 0 Å². The van der Waals surface area contributed by atoms with E-state index in [1.807, 2.05) is 42.5 Å². The average molecular weight is 346 g/mol. The second-order valence-electron chi connectivity index (χ2n) is 5.21. The highest BCUT2D eigenvalue weighted by Gasteiger charge is 2.20. The SMILES string of the molecule is O=C(NCC1COc2ccccc2C1)c1cccc(Br)c1. The molecule has 0 fully saturated rings. The Morgan fingerprint density at radius 3 is 2.95 bits per heavy atom. The van der Waals surface area contributed by atoms with Crippen molar-refractivity contribution in [2.75, 3.05) is 13.2 Å². The smallest absolute Gasteiger partial charge is 0.251 e. The highest BCUT2D eigenvalue weighted by molar-refractivity contribution is 9.10. The Kier molecular flexibility index (Phi) is 4.25. The van der Waals surface area contributed by atoms with E-state index in [2.05, 4.69) is 27.3 Å². The van der Waals surface area contributed by atoms with Crippen LogP contribution in [0, 0.1) is 5.92 Å². The first-order valence-electron chi connectivity index (χ1n) is 6.97. The van der Waals surface area contributed by atoms with Crippen LogP contribution in [0.2, 0.25) is 0 Å². The second kappa shape index (κ2) is 6.31. The van der Waals surface area contributed by atoms with Gasteiger partial charge in [0.05, 0.1) is 6.61 Å². The third kappa shape index (κ3) is 3.45. The van der Waals surface area contributed by atoms with Crippen LogP contribution in [0.3, 0.4) is 0 Å². The third-order valence-corrected chi connectivity index (χ3v) is 4.09. The Morgan fingerprint density at radius 2 is 2.10 bits per heavy atom. The molecule has 0 saturated carbocycles. The minimum atomic E-state index is -0.0461. The van der Waals surface area contributed by atoms with Gasteiger partial charge in [0, 0.05) is 22.5 Å². The van der Waals surface area contributed by atoms with Crippen LogP contribution in [0.4, 0.5) is 0 Å². The summed E-state index contributed by atoms with van der Waals surface area (Å²) in [4.78, 5) is 12.1. The quantitative estimate of drug-likeness (QED) is 0.925. The number of halogens is 1. The molecule has 1 amide bonds. The van der Waals surface area contributed by atoms with E-state index < -0.39 is 0 Å². The van der Waals surface area contributed by atoms with E-state index in [0.29, 0.717) is 24.6 Å². The molecule has 0 saturated heterocycles. The maximum atomic E-state index is 12.1. The fraction of sp³-hybridized carbons (Fsp3) is 0.235. The first kappa shape index (κ1) is 14.1. The highest BCUT2D eigenvalue weighted by atomic mass is 79.9. The molecule has 1 aliphatic rings. The molecule has 1 aliphatic heterocycles. The third-order valence-electron chi connectivity index (χ3n) is 3.59. The van der Waals surface area contributed by atoms with Gasteiger partial charge in [-0.3, -0.25) is 4.79 Å². The van der Waals surface area contributed by atoms with Crippen LogP contribution in [0.5, 0.6) is 5.75 Å². The number of benzene rings is 2. The molecule has 21 heavy (non-hydrogen) atoms. The minimum Gasteiger partial charge on any atom is -0.493 e. The maximum Gasteiger partial charge on any atom is 0.251 e. The molecule has 0 spiro atoms. The van der Waals surface area contributed by atoms with Gasteiger partial charge in [0.1, 0.15) is 5.75 Å². The molecule has 1 heterocycles. The Labute approximate surface area is 132 Å². The van der Waals surface area contributed by atoms with Crippen LogP contribution in [-0.2, 0) is 6.42 Å². The summed E-state index contributed by atoms with van der Waals surface area (Å²) < 4.78 is 6.64. The molecule has 1 unspecified atom stereocenters. The number of amides is 1. The van der Waals surface area contributed by atoms with Gasteiger partial charge in [0.25, 0.3) is 5.91 Å². The number of hydrogen-bond acceptors (Lipinski definition) is 2. The van der Waals surface area contributed by atoms with Crippen LogP contribution in [-0.4, -0.2) is 19.1 Å². The van der Waals surface area contributed by atoms with Gasteiger partial charge in [-0.2, -0.15) is 0 Å². The molecule has 2 aromatic carbocycles. The zero-order valence-corrected chi connectivity index (χ0v) is 13.1. The summed E-state index contributed by atoms with van der Waals surface area (Å²) in [6.45, 7) is 1.27. The molecule has 3 nitrogen and oxygen atoms in total. The summed E-state index contributed by atoms with van der Waals surface area (Å²) in [5, 5.41) is 2.99. The Hall–Kier alpha value is -1.81. The van der Waals surface area contributed by atoms with Crippen molar-refractivity contribution in [1.29, 1.82) is 0 Å². The van der Waals surface area contributed by atoms with E-state index in [1.54, 1.807) is 0 Å². The predicted molar refractivity (Wildman–Crippen MR) is 85.6 cm³/mol. The maximum absolute atomic E-state index is 12.1. The molecular weight excluding hydrogens is 330 g/mol. The van der Waals surface area contributed by atoms with Gasteiger partial charge < -0.3 is 10.1 Å². The van der Waals surface area contributed by atoms with Crippen molar-refractivity contribution in [1.82, 2.24) is 5.32 Å². The van der Waals surface area contributed by atoms with Crippen molar-refractivity contribution in [2.24, 2.45) is 5.92 Å². The number of rotatable bonds is 3. The molecule has 0 radical (unpaired) electrons. The van der Waals surface area contributed by atoms with Gasteiger partial charge in [-0.25, -0.2) is 0 Å². The topological polar surface area (TPSA) is 38.3 Å². The standard InChI is InChI=1S/C17H16BrNO2/c18-15-6-3-5-14(9-15)17(20)19-10-12-8-13-4-1-2-7-16(13)21-11-12/h1-7,9,12H,8,10-11H2,(H,19,20). The number of hydrogen-bond donors (Lipinski definition) is 1. The monoisotopic (exact) mass is 345 g/mol. The van der Waals surface area contributed by atoms with E-state index in [0.717, 1.165) is 16.6 Å². The summed E-state index contributed by atoms with van der Waals surface area (Å²) in [6.07, 6.45) is 0.939. The van der Waals surface area contributed by atoms with Crippen LogP contribution in [0.1, 0.15) is 15.9 Å². The Bertz CT molecular complexity index is 657. The number of ether oxygens (including phenoxy) is 1. The lowest BCUT2D eigenvalue weighted by Gasteiger charge is -2.25. The van der Waals surface area contributed by atoms with Gasteiger partial charge in [-0.1, -0.05) is 40.2 Å². The van der Waals surface area contributed by atoms with Crippen LogP contribution >= 0.6 is 15.9 Å². The first-order chi connectivity index (χ1) is 10.2. The summed E-state index contributed by atoms with van der Waals surface area (Å²) in [7, 11) is 0. The number of carbonyl (C=O) groups is 1. The lowest BCUT2D eigenvalue weighted by atomic mass is 9.96. The average Bonchev–Trinajstić information content (AvgIpc) is 2.52. The van der Waals surface area contributed by atoms with Crippen molar-refractivity contribution in [3.63, 3.8) is 0 Å². The zero-order valence-electron chi connectivity index (χ0n) is 11.5. The Morgan fingerprint density at radius 1 is 1.24 bits per heavy atom. The lowest BCUT2D eigenvalue weighted by Crippen LogP contribution is -2.34. The lowest BCUT2D eigenvalue weighted by molar-refractivity contribution is 0.0939. The molecule has 0 bridgehead atoms. The number of fused-ring (bicyclic) bond motifs is 1. The van der Waals surface area contributed by atoms with Crippen molar-refractivity contribution >= 4 is 21.8 Å². The summed E-state index contributed by atoms with van der Waals surface area (Å²) in [5.41, 5.74) is 1.88. The number of nitrogens with one attached hydrogen (secondary N) is 1. The zero-order chi connectivity index (χ0) is 14.7. The second-order valence-corrected chi connectivity index (χ2v) is 6.12. The van der Waals surface area contributed by atoms with Crippen molar-refractivity contribution in [3.8, 4) is 5.75 Å². The largest absolute Gasteiger partial charge is 0.493 e. The van der Waals surface area contributed by atoms with Gasteiger partial charge in [-0.15, -0.1) is 0 Å². The Balaban J connectivity index is 1.58. The normalized spacial score (nSPS) is 16.7. The van der Waals surface area contributed by atoms with E-state index in [9.17, 15) is 4.79 Å². The van der Waals surface area contributed by atoms with Crippen LogP contribution in [0.15, 0.2) is 53.0 Å². The highest BCUT2D eigenvalue weighted by Crippen LogP contribution is 2.26. The molecule has 0 aliphatic carbocycles. The molecule has 2 aromatic rings. The van der Waals surface area contributed by atoms with Gasteiger partial charge >= 0.3 is 0 Å². The van der Waals surface area contributed by atoms with E-state index in [1.165, 1.54) is 5.56 Å². The molecule has 4 heteroatoms. The summed E-state index contributed by atoms with van der Waals surface area (Å²) in [5.74, 6) is 1.23. The molecule has 1 atom stereocenters. The molecule has 1 N–H and O–H groups in total. The number of para-hydroxylation sites is 1. The van der Waals surface area contributed by atoms with Crippen LogP contribution in [0.25, 0.3) is 0 Å². The molecule has 3 rings (SSSR count). The van der Waals surface area contributed by atoms with Gasteiger partial charge in [-0.05, 0) is 36.2 Å². The van der Waals surface area contributed by atoms with Gasteiger partial charge in [0.15, 0.2) is 0 Å². The molecule has 108 valence electrons.